The van der Waals surface area contributed by atoms with Crippen molar-refractivity contribution in [1.29, 1.82) is 5.26 Å². The van der Waals surface area contributed by atoms with Crippen molar-refractivity contribution in [3.8, 4) is 6.07 Å². The third kappa shape index (κ3) is 4.05. The maximum absolute atomic E-state index is 11.7. The van der Waals surface area contributed by atoms with Crippen LogP contribution in [0.25, 0.3) is 0 Å². The van der Waals surface area contributed by atoms with Crippen LogP contribution < -0.4 is 5.56 Å². The molecule has 0 amide bonds. The van der Waals surface area contributed by atoms with E-state index >= 15 is 0 Å². The normalized spacial score (nSPS) is 11.0. The van der Waals surface area contributed by atoms with E-state index in [1.54, 1.807) is 6.92 Å². The summed E-state index contributed by atoms with van der Waals surface area (Å²) in [5, 5.41) is 13.0. The summed E-state index contributed by atoms with van der Waals surface area (Å²) in [6, 6.07) is 1.95. The van der Waals surface area contributed by atoms with Gasteiger partial charge in [0, 0.05) is 12.1 Å². The molecule has 0 saturated carbocycles. The molecule has 0 radical (unpaired) electrons. The highest BCUT2D eigenvalue weighted by atomic mass is 16.5. The molecule has 2 aromatic rings. The second-order valence-electron chi connectivity index (χ2n) is 5.63. The number of ether oxygens (including phenoxy) is 1. The number of aryl methyl sites for hydroxylation is 2. The molecule has 7 heteroatoms. The Morgan fingerprint density at radius 3 is 2.74 bits per heavy atom. The Morgan fingerprint density at radius 2 is 2.09 bits per heavy atom. The molecule has 0 saturated heterocycles. The number of aromatic amines is 1. The Kier molecular flexibility index (Phi) is 5.29. The van der Waals surface area contributed by atoms with Crippen molar-refractivity contribution in [2.45, 2.75) is 53.2 Å². The van der Waals surface area contributed by atoms with Crippen LogP contribution in [0.2, 0.25) is 0 Å². The van der Waals surface area contributed by atoms with E-state index in [2.05, 4.69) is 15.1 Å². The highest BCUT2D eigenvalue weighted by Gasteiger charge is 2.14. The zero-order valence-electron chi connectivity index (χ0n) is 13.8. The van der Waals surface area contributed by atoms with Crippen molar-refractivity contribution < 1.29 is 9.26 Å². The van der Waals surface area contributed by atoms with Gasteiger partial charge in [0.05, 0.1) is 6.10 Å². The smallest absolute Gasteiger partial charge is 0.266 e. The molecular weight excluding hydrogens is 296 g/mol. The molecule has 7 nitrogen and oxygen atoms in total. The Hall–Kier alpha value is -2.46. The molecule has 1 N–H and O–H groups in total. The average Bonchev–Trinajstić information content (AvgIpc) is 2.93. The molecule has 0 aliphatic carbocycles. The SMILES string of the molecule is Cc1[nH]c(=O)c(C#N)c(C)c1CCc1nc(COC(C)C)no1. The van der Waals surface area contributed by atoms with Crippen molar-refractivity contribution in [2.75, 3.05) is 0 Å². The van der Waals surface area contributed by atoms with Gasteiger partial charge in [-0.1, -0.05) is 5.16 Å². The summed E-state index contributed by atoms with van der Waals surface area (Å²) in [5.41, 5.74) is 2.20. The standard InChI is InChI=1S/C16H20N4O3/c1-9(2)22-8-14-19-15(23-20-14)6-5-12-10(3)13(7-17)16(21)18-11(12)4/h9H,5-6,8H2,1-4H3,(H,18,21). The minimum Gasteiger partial charge on any atom is -0.371 e. The fourth-order valence-corrected chi connectivity index (χ4v) is 2.34. The molecule has 23 heavy (non-hydrogen) atoms. The summed E-state index contributed by atoms with van der Waals surface area (Å²) >= 11 is 0. The van der Waals surface area contributed by atoms with Gasteiger partial charge < -0.3 is 14.2 Å². The molecule has 0 aliphatic heterocycles. The lowest BCUT2D eigenvalue weighted by molar-refractivity contribution is 0.0601. The van der Waals surface area contributed by atoms with Crippen LogP contribution in [-0.2, 0) is 24.2 Å². The van der Waals surface area contributed by atoms with Crippen LogP contribution in [0.4, 0.5) is 0 Å². The van der Waals surface area contributed by atoms with Crippen molar-refractivity contribution in [3.05, 3.63) is 44.5 Å². The van der Waals surface area contributed by atoms with Gasteiger partial charge in [0.15, 0.2) is 5.82 Å². The number of pyridine rings is 1. The number of aromatic nitrogens is 3. The first-order chi connectivity index (χ1) is 10.9. The monoisotopic (exact) mass is 316 g/mol. The number of nitrogens with one attached hydrogen (secondary N) is 1. The molecule has 0 aromatic carbocycles. The molecule has 0 atom stereocenters. The first-order valence-electron chi connectivity index (χ1n) is 7.47. The number of hydrogen-bond donors (Lipinski definition) is 1. The van der Waals surface area contributed by atoms with Crippen molar-refractivity contribution in [2.24, 2.45) is 0 Å². The Labute approximate surface area is 134 Å². The molecular formula is C16H20N4O3. The van der Waals surface area contributed by atoms with Gasteiger partial charge in [-0.25, -0.2) is 0 Å². The Balaban J connectivity index is 2.10. The lowest BCUT2D eigenvalue weighted by Gasteiger charge is -2.09. The van der Waals surface area contributed by atoms with Gasteiger partial charge in [-0.05, 0) is 45.2 Å². The maximum atomic E-state index is 11.7. The van der Waals surface area contributed by atoms with E-state index in [1.165, 1.54) is 0 Å². The van der Waals surface area contributed by atoms with E-state index in [-0.39, 0.29) is 17.2 Å². The van der Waals surface area contributed by atoms with Crippen LogP contribution in [0.5, 0.6) is 0 Å². The quantitative estimate of drug-likeness (QED) is 0.873. The van der Waals surface area contributed by atoms with Crippen LogP contribution in [0.15, 0.2) is 9.32 Å². The zero-order chi connectivity index (χ0) is 17.0. The van der Waals surface area contributed by atoms with E-state index in [1.807, 2.05) is 26.8 Å². The summed E-state index contributed by atoms with van der Waals surface area (Å²) in [7, 11) is 0. The van der Waals surface area contributed by atoms with E-state index in [0.29, 0.717) is 36.7 Å². The van der Waals surface area contributed by atoms with Crippen LogP contribution >= 0.6 is 0 Å². The Bertz CT molecular complexity index is 784. The number of rotatable bonds is 6. The van der Waals surface area contributed by atoms with Crippen molar-refractivity contribution in [1.82, 2.24) is 15.1 Å². The predicted octanol–water partition coefficient (Wildman–Crippen LogP) is 1.96. The van der Waals surface area contributed by atoms with Crippen LogP contribution in [0.3, 0.4) is 0 Å². The lowest BCUT2D eigenvalue weighted by Crippen LogP contribution is -2.17. The van der Waals surface area contributed by atoms with E-state index in [4.69, 9.17) is 14.5 Å². The van der Waals surface area contributed by atoms with Crippen LogP contribution in [0.1, 0.15) is 47.9 Å². The largest absolute Gasteiger partial charge is 0.371 e. The van der Waals surface area contributed by atoms with Gasteiger partial charge in [0.1, 0.15) is 18.2 Å². The summed E-state index contributed by atoms with van der Waals surface area (Å²) in [6.45, 7) is 7.80. The first kappa shape index (κ1) is 16.9. The molecule has 0 bridgehead atoms. The van der Waals surface area contributed by atoms with Gasteiger partial charge in [0.25, 0.3) is 5.56 Å². The third-order valence-corrected chi connectivity index (χ3v) is 3.57. The summed E-state index contributed by atoms with van der Waals surface area (Å²) in [4.78, 5) is 18.7. The van der Waals surface area contributed by atoms with E-state index < -0.39 is 0 Å². The van der Waals surface area contributed by atoms with Gasteiger partial charge in [-0.3, -0.25) is 4.79 Å². The van der Waals surface area contributed by atoms with Crippen molar-refractivity contribution in [3.63, 3.8) is 0 Å². The minimum absolute atomic E-state index is 0.104. The lowest BCUT2D eigenvalue weighted by atomic mass is 9.99. The van der Waals surface area contributed by atoms with E-state index in [9.17, 15) is 4.79 Å². The molecule has 0 unspecified atom stereocenters. The van der Waals surface area contributed by atoms with Crippen molar-refractivity contribution >= 4 is 0 Å². The molecule has 122 valence electrons. The summed E-state index contributed by atoms with van der Waals surface area (Å²) < 4.78 is 10.6. The highest BCUT2D eigenvalue weighted by molar-refractivity contribution is 5.42. The number of nitriles is 1. The van der Waals surface area contributed by atoms with Gasteiger partial charge in [0.2, 0.25) is 5.89 Å². The fraction of sp³-hybridized carbons (Fsp3) is 0.500. The molecule has 0 aliphatic rings. The van der Waals surface area contributed by atoms with E-state index in [0.717, 1.165) is 11.3 Å². The van der Waals surface area contributed by atoms with Gasteiger partial charge in [-0.15, -0.1) is 0 Å². The zero-order valence-corrected chi connectivity index (χ0v) is 13.8. The molecule has 2 aromatic heterocycles. The van der Waals surface area contributed by atoms with Gasteiger partial charge in [-0.2, -0.15) is 10.2 Å². The van der Waals surface area contributed by atoms with Crippen LogP contribution in [-0.4, -0.2) is 21.2 Å². The third-order valence-electron chi connectivity index (χ3n) is 3.57. The minimum atomic E-state index is -0.350. The molecule has 2 rings (SSSR count). The Morgan fingerprint density at radius 1 is 1.35 bits per heavy atom. The summed E-state index contributed by atoms with van der Waals surface area (Å²) in [6.07, 6.45) is 1.25. The van der Waals surface area contributed by atoms with Gasteiger partial charge >= 0.3 is 0 Å². The second-order valence-corrected chi connectivity index (χ2v) is 5.63. The number of H-pyrrole nitrogens is 1. The summed E-state index contributed by atoms with van der Waals surface area (Å²) in [5.74, 6) is 1.03. The first-order valence-corrected chi connectivity index (χ1v) is 7.47. The number of nitrogens with zero attached hydrogens (tertiary/aromatic N) is 3. The molecule has 2 heterocycles. The predicted molar refractivity (Wildman–Crippen MR) is 82.9 cm³/mol. The number of hydrogen-bond acceptors (Lipinski definition) is 6. The topological polar surface area (TPSA) is 105 Å². The molecule has 0 spiro atoms. The highest BCUT2D eigenvalue weighted by Crippen LogP contribution is 2.15. The van der Waals surface area contributed by atoms with Crippen LogP contribution in [0, 0.1) is 25.2 Å². The average molecular weight is 316 g/mol. The second kappa shape index (κ2) is 7.20. The molecule has 0 fully saturated rings. The fourth-order valence-electron chi connectivity index (χ4n) is 2.34. The maximum Gasteiger partial charge on any atom is 0.266 e.